The quantitative estimate of drug-likeness (QED) is 0.404. The normalized spacial score (nSPS) is 9.23. The van der Waals surface area contributed by atoms with Gasteiger partial charge in [-0.1, -0.05) is 11.2 Å². The number of hydrogen-bond acceptors (Lipinski definition) is 9. The summed E-state index contributed by atoms with van der Waals surface area (Å²) in [7, 11) is 3.91. The van der Waals surface area contributed by atoms with Gasteiger partial charge in [0.05, 0.1) is 6.54 Å². The lowest BCUT2D eigenvalue weighted by molar-refractivity contribution is -0.123. The van der Waals surface area contributed by atoms with Crippen LogP contribution in [-0.4, -0.2) is 70.4 Å². The predicted molar refractivity (Wildman–Crippen MR) is 95.0 cm³/mol. The first kappa shape index (κ1) is 22.8. The molecule has 0 saturated heterocycles. The van der Waals surface area contributed by atoms with E-state index in [0.717, 1.165) is 17.9 Å². The third-order valence-electron chi connectivity index (χ3n) is 2.62. The number of aromatic nitrogens is 3. The maximum atomic E-state index is 8.36. The van der Waals surface area contributed by atoms with Gasteiger partial charge in [0.1, 0.15) is 5.82 Å². The number of nitrogens with zero attached hydrogens (tertiary/aromatic N) is 4. The number of aryl methyl sites for hydroxylation is 1. The van der Waals surface area contributed by atoms with Crippen molar-refractivity contribution in [2.75, 3.05) is 37.8 Å². The Morgan fingerprint density at radius 1 is 1.15 bits per heavy atom. The molecule has 0 aliphatic carbocycles. The van der Waals surface area contributed by atoms with Crippen molar-refractivity contribution >= 4 is 24.8 Å². The molecule has 2 aromatic rings. The molecule has 0 bridgehead atoms. The van der Waals surface area contributed by atoms with Crippen molar-refractivity contribution in [2.24, 2.45) is 0 Å². The van der Waals surface area contributed by atoms with Crippen molar-refractivity contribution in [1.82, 2.24) is 20.1 Å². The fourth-order valence-corrected chi connectivity index (χ4v) is 1.68. The second-order valence-corrected chi connectivity index (χ2v) is 4.97. The van der Waals surface area contributed by atoms with Crippen LogP contribution >= 0.6 is 0 Å². The van der Waals surface area contributed by atoms with E-state index in [9.17, 15) is 0 Å². The summed E-state index contributed by atoms with van der Waals surface area (Å²) in [6.45, 7) is 3.57. The molecule has 0 aliphatic rings. The zero-order valence-electron chi connectivity index (χ0n) is 14.9. The molecule has 0 unspecified atom stereocenters. The Morgan fingerprint density at radius 3 is 2.35 bits per heavy atom. The van der Waals surface area contributed by atoms with Gasteiger partial charge in [0.15, 0.2) is 0 Å². The molecule has 2 heterocycles. The van der Waals surface area contributed by atoms with Gasteiger partial charge in [-0.15, -0.1) is 5.10 Å². The third-order valence-corrected chi connectivity index (χ3v) is 2.62. The van der Waals surface area contributed by atoms with E-state index in [-0.39, 0.29) is 12.9 Å². The summed E-state index contributed by atoms with van der Waals surface area (Å²) in [5, 5.41) is 28.0. The Balaban J connectivity index is 0.000000918. The molecule has 11 heteroatoms. The van der Waals surface area contributed by atoms with E-state index in [1.807, 2.05) is 38.1 Å². The van der Waals surface area contributed by atoms with Crippen LogP contribution in [0.5, 0.6) is 0 Å². The molecule has 0 saturated carbocycles. The minimum absolute atomic E-state index is 0.250. The van der Waals surface area contributed by atoms with Gasteiger partial charge in [0.25, 0.3) is 12.9 Å². The van der Waals surface area contributed by atoms with Crippen molar-refractivity contribution in [3.63, 3.8) is 0 Å². The number of anilines is 2. The molecule has 11 nitrogen and oxygen atoms in total. The zero-order valence-corrected chi connectivity index (χ0v) is 14.9. The molecule has 144 valence electrons. The molecule has 0 fully saturated rings. The van der Waals surface area contributed by atoms with E-state index in [0.29, 0.717) is 25.0 Å². The zero-order chi connectivity index (χ0) is 19.8. The molecule has 0 spiro atoms. The highest BCUT2D eigenvalue weighted by Gasteiger charge is 2.06. The van der Waals surface area contributed by atoms with Crippen LogP contribution in [0.25, 0.3) is 0 Å². The number of nitrogens with one attached hydrogen (secondary N) is 2. The van der Waals surface area contributed by atoms with E-state index in [4.69, 9.17) is 24.2 Å². The lowest BCUT2D eigenvalue weighted by Crippen LogP contribution is -2.15. The highest BCUT2D eigenvalue weighted by Crippen LogP contribution is 2.09. The van der Waals surface area contributed by atoms with E-state index in [2.05, 4.69) is 25.8 Å². The third kappa shape index (κ3) is 10.5. The fraction of sp³-hybridized carbons (Fsp3) is 0.400. The highest BCUT2D eigenvalue weighted by atomic mass is 16.4. The molecule has 0 atom stereocenters. The molecule has 26 heavy (non-hydrogen) atoms. The number of carbonyl (C=O) groups is 2. The average Bonchev–Trinajstić information content (AvgIpc) is 3.01. The predicted octanol–water partition coefficient (Wildman–Crippen LogP) is 0.760. The Hall–Kier alpha value is -3.21. The van der Waals surface area contributed by atoms with Crippen molar-refractivity contribution in [1.29, 1.82) is 0 Å². The molecular formula is C15H24N6O5. The van der Waals surface area contributed by atoms with Crippen LogP contribution < -0.4 is 10.6 Å². The maximum Gasteiger partial charge on any atom is 0.315 e. The van der Waals surface area contributed by atoms with Gasteiger partial charge in [0.2, 0.25) is 5.89 Å². The first-order valence-corrected chi connectivity index (χ1v) is 7.50. The summed E-state index contributed by atoms with van der Waals surface area (Å²) < 4.78 is 5.45. The number of carboxylic acid groups (broad SMARTS) is 2. The van der Waals surface area contributed by atoms with Crippen LogP contribution in [0, 0.1) is 6.92 Å². The van der Waals surface area contributed by atoms with Crippen LogP contribution in [0.4, 0.5) is 11.8 Å². The van der Waals surface area contributed by atoms with Gasteiger partial charge in [-0.05, 0) is 32.6 Å². The molecule has 2 rings (SSSR count). The topological polar surface area (TPSA) is 154 Å². The fourth-order valence-electron chi connectivity index (χ4n) is 1.68. The van der Waals surface area contributed by atoms with Crippen LogP contribution in [0.15, 0.2) is 22.7 Å². The Kier molecular flexibility index (Phi) is 12.4. The van der Waals surface area contributed by atoms with E-state index in [1.54, 1.807) is 6.20 Å². The molecule has 4 N–H and O–H groups in total. The summed E-state index contributed by atoms with van der Waals surface area (Å²) in [5.41, 5.74) is 1.12. The Morgan fingerprint density at radius 2 is 1.77 bits per heavy atom. The molecular weight excluding hydrogens is 344 g/mol. The van der Waals surface area contributed by atoms with Gasteiger partial charge >= 0.3 is 6.01 Å². The largest absolute Gasteiger partial charge is 0.483 e. The lowest BCUT2D eigenvalue weighted by atomic mass is 10.3. The number of hydrogen-bond donors (Lipinski definition) is 4. The van der Waals surface area contributed by atoms with Crippen molar-refractivity contribution < 1.29 is 24.2 Å². The minimum Gasteiger partial charge on any atom is -0.483 e. The smallest absolute Gasteiger partial charge is 0.315 e. The summed E-state index contributed by atoms with van der Waals surface area (Å²) in [4.78, 5) is 23.0. The van der Waals surface area contributed by atoms with Crippen LogP contribution in [0.2, 0.25) is 0 Å². The Bertz CT molecular complexity index is 628. The maximum absolute atomic E-state index is 8.36. The standard InChI is InChI=1S/C13H20N6O.2CH2O2/c1-10-5-4-6-14-12(10)15-7-8-16-13-18-17-11(20-13)9-19(2)3;2*2-1-3/h4-6H,7-9H2,1-3H3,(H,14,15)(H,16,18);2*1H,(H,2,3). The first-order valence-electron chi connectivity index (χ1n) is 7.50. The molecule has 0 radical (unpaired) electrons. The summed E-state index contributed by atoms with van der Waals surface area (Å²) in [5.74, 6) is 1.50. The lowest BCUT2D eigenvalue weighted by Gasteiger charge is -2.07. The molecule has 0 aromatic carbocycles. The van der Waals surface area contributed by atoms with Gasteiger partial charge in [0, 0.05) is 19.3 Å². The summed E-state index contributed by atoms with van der Waals surface area (Å²) >= 11 is 0. The molecule has 0 amide bonds. The first-order chi connectivity index (χ1) is 12.5. The van der Waals surface area contributed by atoms with Crippen LogP contribution in [0.1, 0.15) is 11.5 Å². The second-order valence-electron chi connectivity index (χ2n) is 4.97. The number of pyridine rings is 1. The average molecular weight is 368 g/mol. The summed E-state index contributed by atoms with van der Waals surface area (Å²) in [6, 6.07) is 4.39. The van der Waals surface area contributed by atoms with Crippen molar-refractivity contribution in [2.45, 2.75) is 13.5 Å². The highest BCUT2D eigenvalue weighted by molar-refractivity contribution is 5.42. The van der Waals surface area contributed by atoms with Crippen molar-refractivity contribution in [3.05, 3.63) is 29.8 Å². The van der Waals surface area contributed by atoms with Gasteiger partial charge in [-0.3, -0.25) is 9.59 Å². The number of rotatable bonds is 7. The summed E-state index contributed by atoms with van der Waals surface area (Å²) in [6.07, 6.45) is 1.77. The van der Waals surface area contributed by atoms with E-state index >= 15 is 0 Å². The second kappa shape index (κ2) is 14.2. The SMILES string of the molecule is Cc1cccnc1NCCNc1nnc(CN(C)C)o1.O=CO.O=CO. The van der Waals surface area contributed by atoms with Crippen molar-refractivity contribution in [3.8, 4) is 0 Å². The van der Waals surface area contributed by atoms with Gasteiger partial charge in [-0.2, -0.15) is 0 Å². The minimum atomic E-state index is -0.250. The Labute approximate surface area is 151 Å². The van der Waals surface area contributed by atoms with E-state index < -0.39 is 0 Å². The van der Waals surface area contributed by atoms with E-state index in [1.165, 1.54) is 0 Å². The van der Waals surface area contributed by atoms with Crippen LogP contribution in [0.3, 0.4) is 0 Å². The van der Waals surface area contributed by atoms with Gasteiger partial charge in [-0.25, -0.2) is 4.98 Å². The van der Waals surface area contributed by atoms with Crippen LogP contribution in [-0.2, 0) is 16.1 Å². The molecule has 2 aromatic heterocycles. The monoisotopic (exact) mass is 368 g/mol. The van der Waals surface area contributed by atoms with Gasteiger partial charge < -0.3 is 30.2 Å². The molecule has 0 aliphatic heterocycles.